The summed E-state index contributed by atoms with van der Waals surface area (Å²) in [5.41, 5.74) is 0. The number of hydrogen-bond donors (Lipinski definition) is 0. The van der Waals surface area contributed by atoms with Crippen molar-refractivity contribution in [2.75, 3.05) is 0 Å². The summed E-state index contributed by atoms with van der Waals surface area (Å²) < 4.78 is 20.6. The van der Waals surface area contributed by atoms with E-state index in [2.05, 4.69) is 5.80 Å². The minimum absolute atomic E-state index is 4.15. The fraction of sp³-hybridized carbons (Fsp3) is 0. The van der Waals surface area contributed by atoms with Crippen LogP contribution in [0.3, 0.4) is 0 Å². The van der Waals surface area contributed by atoms with Crippen molar-refractivity contribution >= 4 is 5.80 Å². The molecule has 0 saturated carbocycles. The Hall–Kier alpha value is 1.50. The van der Waals surface area contributed by atoms with Gasteiger partial charge in [0.05, 0.1) is 0 Å². The molecule has 0 atom stereocenters. The molecule has 0 aliphatic heterocycles. The zero-order chi connectivity index (χ0) is 3.58. The third kappa shape index (κ3) is 9.72. The van der Waals surface area contributed by atoms with E-state index in [1.807, 2.05) is 0 Å². The standard InChI is InChI=1S/ClH.2FH.Nd/h3*1H;/q;;;+3/p-3. The van der Waals surface area contributed by atoms with Gasteiger partial charge in [-0.3, -0.25) is 0 Å². The number of rotatable bonds is 0. The Kier molecular flexibility index (Phi) is 3.74. The maximum absolute atomic E-state index is 10.3. The fourth-order valence-electron chi connectivity index (χ4n) is 0. The first kappa shape index (κ1) is 5.50. The third-order valence-electron chi connectivity index (χ3n) is 0. The zero-order valence-corrected chi connectivity index (χ0v) is 5.60. The Morgan fingerprint density at radius 1 is 1.50 bits per heavy atom. The van der Waals surface area contributed by atoms with Crippen molar-refractivity contribution in [2.45, 2.75) is 0 Å². The molecule has 0 nitrogen and oxygen atoms in total. The Bertz CT molecular complexity index is 10.8. The maximum atomic E-state index is 10.3. The van der Waals surface area contributed by atoms with Crippen molar-refractivity contribution in [1.29, 1.82) is 0 Å². The van der Waals surface area contributed by atoms with Gasteiger partial charge in [0.15, 0.2) is 0 Å². The Balaban J connectivity index is 2.32. The van der Waals surface area contributed by atoms with Crippen LogP contribution in [0.5, 0.6) is 0 Å². The van der Waals surface area contributed by atoms with E-state index in [9.17, 15) is 2.03 Å². The van der Waals surface area contributed by atoms with Crippen molar-refractivity contribution in [1.82, 2.24) is 0 Å². The van der Waals surface area contributed by atoms with Gasteiger partial charge in [0.1, 0.15) is 0 Å². The molecule has 0 radical (unpaired) electrons. The van der Waals surface area contributed by atoms with Gasteiger partial charge in [0, 0.05) is 0 Å². The van der Waals surface area contributed by atoms with Crippen LogP contribution >= 0.6 is 5.80 Å². The van der Waals surface area contributed by atoms with Crippen LogP contribution in [-0.4, -0.2) is 0 Å². The molecule has 0 aliphatic carbocycles. The average Bonchev–Trinajstić information content (AvgIpc) is 0.811. The molecule has 0 aliphatic rings. The third-order valence-corrected chi connectivity index (χ3v) is 0. The van der Waals surface area contributed by atoms with Gasteiger partial charge in [-0.25, -0.2) is 0 Å². The average molecular weight is 218 g/mol. The van der Waals surface area contributed by atoms with Crippen molar-refractivity contribution in [3.05, 3.63) is 0 Å². The van der Waals surface area contributed by atoms with Crippen molar-refractivity contribution in [2.24, 2.45) is 0 Å². The number of halogens is 3. The van der Waals surface area contributed by atoms with E-state index >= 15 is 0 Å². The van der Waals surface area contributed by atoms with Gasteiger partial charge in [0.2, 0.25) is 0 Å². The van der Waals surface area contributed by atoms with Crippen LogP contribution < -0.4 is 0 Å². The Labute approximate surface area is 41.9 Å². The molecule has 0 aromatic carbocycles. The van der Waals surface area contributed by atoms with Crippen LogP contribution in [0.4, 0.5) is 2.03 Å². The molecule has 0 heterocycles. The van der Waals surface area contributed by atoms with E-state index in [-0.39, 0.29) is 0 Å². The predicted octanol–water partition coefficient (Wildman–Crippen LogP) is 1.53. The number of hydrogen-bond acceptors (Lipinski definition) is 0. The normalized spacial score (nSPS) is 6.75. The van der Waals surface area contributed by atoms with Crippen molar-refractivity contribution < 1.29 is 36.7 Å². The zero-order valence-electron chi connectivity index (χ0n) is 1.63. The minimum atomic E-state index is -4.19. The molecule has 0 aromatic rings. The second kappa shape index (κ2) is 2.72. The van der Waals surface area contributed by atoms with Gasteiger partial charge in [-0.2, -0.15) is 0 Å². The first-order valence-corrected chi connectivity index (χ1v) is 7.01. The van der Waals surface area contributed by atoms with E-state index in [0.717, 1.165) is 0 Å². The van der Waals surface area contributed by atoms with E-state index in [0.29, 0.717) is 0 Å². The molecule has 0 saturated heterocycles. The monoisotopic (exact) mass is 215 g/mol. The molecule has 0 fully saturated rings. The molecular weight excluding hydrogens is 218 g/mol. The molecule has 25 valence electrons. The van der Waals surface area contributed by atoms with E-state index in [1.165, 1.54) is 0 Å². The molecule has 4 heavy (non-hydrogen) atoms. The first-order chi connectivity index (χ1) is 1.73. The second-order valence-corrected chi connectivity index (χ2v) is 3.71. The summed E-state index contributed by atoms with van der Waals surface area (Å²) in [7, 11) is 0. The Morgan fingerprint density at radius 2 is 1.50 bits per heavy atom. The molecule has 0 spiro atoms. The molecule has 0 unspecified atom stereocenters. The SMILES string of the molecule is [F][Nd]([F])[Cl]. The summed E-state index contributed by atoms with van der Waals surface area (Å²) >= 11 is -4.19. The van der Waals surface area contributed by atoms with Crippen LogP contribution in [0.25, 0.3) is 0 Å². The van der Waals surface area contributed by atoms with Gasteiger partial charge in [-0.1, -0.05) is 0 Å². The van der Waals surface area contributed by atoms with Crippen LogP contribution in [0.15, 0.2) is 0 Å². The molecule has 0 N–H and O–H groups in total. The molecule has 0 rings (SSSR count). The van der Waals surface area contributed by atoms with Gasteiger partial charge in [-0.05, 0) is 0 Å². The summed E-state index contributed by atoms with van der Waals surface area (Å²) in [5, 5.41) is 0. The van der Waals surface area contributed by atoms with E-state index in [1.54, 1.807) is 0 Å². The summed E-state index contributed by atoms with van der Waals surface area (Å²) in [6.45, 7) is 0. The van der Waals surface area contributed by atoms with E-state index < -0.39 is 34.7 Å². The Morgan fingerprint density at radius 3 is 1.50 bits per heavy atom. The van der Waals surface area contributed by atoms with Crippen LogP contribution in [-0.2, 0) is 0 Å². The molecule has 0 bridgehead atoms. The summed E-state index contributed by atoms with van der Waals surface area (Å²) in [6, 6.07) is 0. The first-order valence-electron chi connectivity index (χ1n) is 0.567. The quantitative estimate of drug-likeness (QED) is 0.578. The van der Waals surface area contributed by atoms with Crippen LogP contribution in [0, 0.1) is 34.7 Å². The van der Waals surface area contributed by atoms with Gasteiger partial charge in [0.25, 0.3) is 0 Å². The summed E-state index contributed by atoms with van der Waals surface area (Å²) in [6.07, 6.45) is 0. The van der Waals surface area contributed by atoms with Crippen LogP contribution in [0.1, 0.15) is 0 Å². The molecule has 0 amide bonds. The second-order valence-electron chi connectivity index (χ2n) is 0.214. The van der Waals surface area contributed by atoms with E-state index in [4.69, 9.17) is 0 Å². The fourth-order valence-corrected chi connectivity index (χ4v) is 0. The van der Waals surface area contributed by atoms with Crippen molar-refractivity contribution in [3.8, 4) is 0 Å². The summed E-state index contributed by atoms with van der Waals surface area (Å²) in [4.78, 5) is 0. The van der Waals surface area contributed by atoms with Crippen molar-refractivity contribution in [3.63, 3.8) is 0 Å². The molecule has 4 heteroatoms. The van der Waals surface area contributed by atoms with Gasteiger partial charge >= 0.3 is 42.5 Å². The van der Waals surface area contributed by atoms with Crippen LogP contribution in [0.2, 0.25) is 0 Å². The topological polar surface area (TPSA) is 0 Å². The van der Waals surface area contributed by atoms with Gasteiger partial charge in [-0.15, -0.1) is 0 Å². The molecular formula is ClF2Nd. The summed E-state index contributed by atoms with van der Waals surface area (Å²) in [5.74, 6) is 4.15. The molecule has 0 aromatic heterocycles. The van der Waals surface area contributed by atoms with Gasteiger partial charge < -0.3 is 0 Å². The predicted molar refractivity (Wildman–Crippen MR) is 8.07 cm³/mol.